The number of nitrogens with one attached hydrogen (secondary N) is 1. The molecule has 19 heavy (non-hydrogen) atoms. The van der Waals surface area contributed by atoms with Gasteiger partial charge < -0.3 is 9.84 Å². The van der Waals surface area contributed by atoms with E-state index in [4.69, 9.17) is 9.84 Å². The van der Waals surface area contributed by atoms with E-state index >= 15 is 0 Å². The Hall–Kier alpha value is -1.11. The van der Waals surface area contributed by atoms with Crippen molar-refractivity contribution in [2.45, 2.75) is 38.1 Å². The lowest BCUT2D eigenvalue weighted by Crippen LogP contribution is -2.37. The van der Waals surface area contributed by atoms with Gasteiger partial charge in [0.05, 0.1) is 18.6 Å². The average Bonchev–Trinajstić information content (AvgIpc) is 2.38. The fraction of sp³-hybridized carbons (Fsp3) is 0.538. The van der Waals surface area contributed by atoms with Crippen LogP contribution in [-0.4, -0.2) is 33.3 Å². The Balaban J connectivity index is 3.19. The molecule has 1 atom stereocenters. The summed E-state index contributed by atoms with van der Waals surface area (Å²) in [4.78, 5) is 0.220. The van der Waals surface area contributed by atoms with Gasteiger partial charge in [0.1, 0.15) is 5.75 Å². The zero-order chi connectivity index (χ0) is 14.6. The molecule has 0 fully saturated rings. The fourth-order valence-electron chi connectivity index (χ4n) is 1.82. The van der Waals surface area contributed by atoms with E-state index in [1.165, 1.54) is 6.07 Å². The van der Waals surface area contributed by atoms with Crippen LogP contribution >= 0.6 is 0 Å². The highest BCUT2D eigenvalue weighted by molar-refractivity contribution is 7.89. The van der Waals surface area contributed by atoms with E-state index in [0.29, 0.717) is 17.7 Å². The summed E-state index contributed by atoms with van der Waals surface area (Å²) in [6.07, 6.45) is 0.532. The third-order valence-corrected chi connectivity index (χ3v) is 4.90. The quantitative estimate of drug-likeness (QED) is 0.828. The minimum absolute atomic E-state index is 0.218. The van der Waals surface area contributed by atoms with E-state index in [1.54, 1.807) is 20.1 Å². The van der Waals surface area contributed by atoms with Crippen LogP contribution in [0.3, 0.4) is 0 Å². The number of rotatable bonds is 6. The van der Waals surface area contributed by atoms with Gasteiger partial charge in [0.15, 0.2) is 0 Å². The maximum absolute atomic E-state index is 12.3. The summed E-state index contributed by atoms with van der Waals surface area (Å²) in [5, 5.41) is 9.10. The predicted octanol–water partition coefficient (Wildman–Crippen LogP) is 1.36. The molecule has 0 radical (unpaired) electrons. The topological polar surface area (TPSA) is 75.6 Å². The monoisotopic (exact) mass is 287 g/mol. The summed E-state index contributed by atoms with van der Waals surface area (Å²) in [6.45, 7) is 5.16. The molecule has 108 valence electrons. The molecule has 5 nitrogen and oxygen atoms in total. The highest BCUT2D eigenvalue weighted by Crippen LogP contribution is 2.26. The molecule has 0 bridgehead atoms. The van der Waals surface area contributed by atoms with Gasteiger partial charge in [0.2, 0.25) is 10.0 Å². The maximum Gasteiger partial charge on any atom is 0.241 e. The highest BCUT2D eigenvalue weighted by Gasteiger charge is 2.22. The lowest BCUT2D eigenvalue weighted by Gasteiger charge is -2.17. The second-order valence-electron chi connectivity index (χ2n) is 4.42. The van der Waals surface area contributed by atoms with E-state index in [0.717, 1.165) is 5.56 Å². The van der Waals surface area contributed by atoms with E-state index in [1.807, 2.05) is 13.8 Å². The van der Waals surface area contributed by atoms with E-state index in [9.17, 15) is 8.42 Å². The summed E-state index contributed by atoms with van der Waals surface area (Å²) >= 11 is 0. The van der Waals surface area contributed by atoms with Crippen LogP contribution < -0.4 is 9.46 Å². The van der Waals surface area contributed by atoms with Crippen molar-refractivity contribution in [2.24, 2.45) is 0 Å². The van der Waals surface area contributed by atoms with Crippen LogP contribution in [0.25, 0.3) is 0 Å². The molecule has 0 amide bonds. The van der Waals surface area contributed by atoms with Crippen LogP contribution in [0.5, 0.6) is 5.75 Å². The molecule has 6 heteroatoms. The van der Waals surface area contributed by atoms with Crippen LogP contribution in [-0.2, 0) is 10.0 Å². The van der Waals surface area contributed by atoms with Crippen molar-refractivity contribution in [3.8, 4) is 5.75 Å². The van der Waals surface area contributed by atoms with Gasteiger partial charge in [-0.05, 0) is 43.5 Å². The first kappa shape index (κ1) is 15.9. The number of ether oxygens (including phenoxy) is 1. The molecule has 0 heterocycles. The number of aliphatic hydroxyl groups excluding tert-OH is 1. The number of hydrogen-bond donors (Lipinski definition) is 2. The Kier molecular flexibility index (Phi) is 5.34. The first-order valence-corrected chi connectivity index (χ1v) is 7.63. The van der Waals surface area contributed by atoms with Crippen molar-refractivity contribution in [3.05, 3.63) is 23.3 Å². The van der Waals surface area contributed by atoms with Crippen molar-refractivity contribution < 1.29 is 18.3 Å². The molecule has 0 saturated heterocycles. The largest absolute Gasteiger partial charge is 0.496 e. The summed E-state index contributed by atoms with van der Waals surface area (Å²) in [5.74, 6) is 0.658. The van der Waals surface area contributed by atoms with Crippen LogP contribution in [0.2, 0.25) is 0 Å². The molecule has 1 aromatic rings. The number of benzene rings is 1. The Morgan fingerprint density at radius 3 is 2.42 bits per heavy atom. The third kappa shape index (κ3) is 3.46. The number of methoxy groups -OCH3 is 1. The van der Waals surface area contributed by atoms with Crippen molar-refractivity contribution in [1.82, 2.24) is 4.72 Å². The Labute approximate surface area is 114 Å². The van der Waals surface area contributed by atoms with Crippen LogP contribution in [0, 0.1) is 13.8 Å². The fourth-order valence-corrected chi connectivity index (χ4v) is 3.43. The van der Waals surface area contributed by atoms with Gasteiger partial charge in [-0.25, -0.2) is 13.1 Å². The first-order chi connectivity index (χ1) is 8.87. The number of aliphatic hydroxyl groups is 1. The van der Waals surface area contributed by atoms with Gasteiger partial charge >= 0.3 is 0 Å². The minimum Gasteiger partial charge on any atom is -0.496 e. The van der Waals surface area contributed by atoms with Crippen LogP contribution in [0.15, 0.2) is 17.0 Å². The predicted molar refractivity (Wildman–Crippen MR) is 74.0 cm³/mol. The molecular weight excluding hydrogens is 266 g/mol. The van der Waals surface area contributed by atoms with Gasteiger partial charge in [-0.15, -0.1) is 0 Å². The maximum atomic E-state index is 12.3. The molecule has 0 aromatic heterocycles. The average molecular weight is 287 g/mol. The smallest absolute Gasteiger partial charge is 0.241 e. The molecule has 0 saturated carbocycles. The van der Waals surface area contributed by atoms with Gasteiger partial charge in [0, 0.05) is 6.04 Å². The zero-order valence-corrected chi connectivity index (χ0v) is 12.5. The lowest BCUT2D eigenvalue weighted by molar-refractivity contribution is 0.254. The summed E-state index contributed by atoms with van der Waals surface area (Å²) in [7, 11) is -2.08. The summed E-state index contributed by atoms with van der Waals surface area (Å²) < 4.78 is 32.2. The molecule has 0 spiro atoms. The molecule has 1 unspecified atom stereocenters. The first-order valence-electron chi connectivity index (χ1n) is 6.14. The SMILES string of the molecule is CCC(CO)NS(=O)(=O)c1ccc(OC)c(C)c1C. The number of sulfonamides is 1. The summed E-state index contributed by atoms with van der Waals surface area (Å²) in [5.41, 5.74) is 1.45. The molecule has 1 rings (SSSR count). The third-order valence-electron chi connectivity index (χ3n) is 3.23. The standard InChI is InChI=1S/C13H21NO4S/c1-5-11(8-15)14-19(16,17)13-7-6-12(18-4)9(2)10(13)3/h6-7,11,14-15H,5,8H2,1-4H3. The molecule has 2 N–H and O–H groups in total. The summed E-state index contributed by atoms with van der Waals surface area (Å²) in [6, 6.07) is 2.69. The lowest BCUT2D eigenvalue weighted by atomic mass is 10.1. The van der Waals surface area contributed by atoms with E-state index in [2.05, 4.69) is 4.72 Å². The van der Waals surface area contributed by atoms with Crippen LogP contribution in [0.4, 0.5) is 0 Å². The molecule has 0 aliphatic heterocycles. The normalized spacial score (nSPS) is 13.3. The molecule has 1 aromatic carbocycles. The van der Waals surface area contributed by atoms with Gasteiger partial charge in [-0.2, -0.15) is 0 Å². The zero-order valence-electron chi connectivity index (χ0n) is 11.7. The Morgan fingerprint density at radius 1 is 1.32 bits per heavy atom. The molecular formula is C13H21NO4S. The minimum atomic E-state index is -3.63. The van der Waals surface area contributed by atoms with Crippen molar-refractivity contribution >= 4 is 10.0 Å². The molecule has 0 aliphatic rings. The van der Waals surface area contributed by atoms with Crippen molar-refractivity contribution in [2.75, 3.05) is 13.7 Å². The van der Waals surface area contributed by atoms with Gasteiger partial charge in [-0.1, -0.05) is 6.92 Å². The highest BCUT2D eigenvalue weighted by atomic mass is 32.2. The Bertz CT molecular complexity index is 536. The van der Waals surface area contributed by atoms with Crippen molar-refractivity contribution in [1.29, 1.82) is 0 Å². The molecule has 0 aliphatic carbocycles. The van der Waals surface area contributed by atoms with Crippen LogP contribution in [0.1, 0.15) is 24.5 Å². The Morgan fingerprint density at radius 2 is 1.95 bits per heavy atom. The second-order valence-corrected chi connectivity index (χ2v) is 6.11. The van der Waals surface area contributed by atoms with Crippen molar-refractivity contribution in [3.63, 3.8) is 0 Å². The van der Waals surface area contributed by atoms with Gasteiger partial charge in [0.25, 0.3) is 0 Å². The van der Waals surface area contributed by atoms with E-state index < -0.39 is 16.1 Å². The van der Waals surface area contributed by atoms with Gasteiger partial charge in [-0.3, -0.25) is 0 Å². The van der Waals surface area contributed by atoms with E-state index in [-0.39, 0.29) is 11.5 Å². The number of hydrogen-bond acceptors (Lipinski definition) is 4. The second kappa shape index (κ2) is 6.36.